The van der Waals surface area contributed by atoms with Gasteiger partial charge in [-0.1, -0.05) is 39.8 Å². The summed E-state index contributed by atoms with van der Waals surface area (Å²) >= 11 is 0. The predicted octanol–water partition coefficient (Wildman–Crippen LogP) is 3.70. The van der Waals surface area contributed by atoms with E-state index in [9.17, 15) is 0 Å². The van der Waals surface area contributed by atoms with E-state index in [1.54, 1.807) is 6.92 Å². The lowest BCUT2D eigenvalue weighted by molar-refractivity contribution is -0.0688. The third kappa shape index (κ3) is 4.00. The van der Waals surface area contributed by atoms with E-state index in [2.05, 4.69) is 44.7 Å². The number of rotatable bonds is 6. The first-order chi connectivity index (χ1) is 8.45. The molecule has 0 aliphatic carbocycles. The van der Waals surface area contributed by atoms with Crippen LogP contribution in [0.25, 0.3) is 0 Å². The number of hydrogen-bond donors (Lipinski definition) is 1. The average molecular weight is 251 g/mol. The van der Waals surface area contributed by atoms with E-state index in [4.69, 9.17) is 10.6 Å². The molecular weight excluding hydrogens is 226 g/mol. The highest BCUT2D eigenvalue weighted by Gasteiger charge is 2.19. The van der Waals surface area contributed by atoms with E-state index in [0.717, 1.165) is 5.75 Å². The molecule has 1 rings (SSSR count). The molecule has 0 saturated heterocycles. The van der Waals surface area contributed by atoms with E-state index >= 15 is 0 Å². The SMILES string of the molecule is CC(ON)Oc1ccc(C(C(C)C)C(C)C)cc1. The third-order valence-electron chi connectivity index (χ3n) is 3.20. The van der Waals surface area contributed by atoms with Gasteiger partial charge in [0.05, 0.1) is 0 Å². The van der Waals surface area contributed by atoms with E-state index in [1.807, 2.05) is 12.1 Å². The molecule has 1 aromatic carbocycles. The summed E-state index contributed by atoms with van der Waals surface area (Å²) in [5.41, 5.74) is 1.36. The molecule has 0 spiro atoms. The Morgan fingerprint density at radius 2 is 1.39 bits per heavy atom. The van der Waals surface area contributed by atoms with Crippen LogP contribution >= 0.6 is 0 Å². The largest absolute Gasteiger partial charge is 0.464 e. The molecule has 1 unspecified atom stereocenters. The zero-order valence-electron chi connectivity index (χ0n) is 12.0. The minimum absolute atomic E-state index is 0.429. The van der Waals surface area contributed by atoms with Crippen molar-refractivity contribution < 1.29 is 9.57 Å². The summed E-state index contributed by atoms with van der Waals surface area (Å²) in [6, 6.07) is 8.21. The summed E-state index contributed by atoms with van der Waals surface area (Å²) < 4.78 is 5.47. The van der Waals surface area contributed by atoms with E-state index in [1.165, 1.54) is 5.56 Å². The average Bonchev–Trinajstić information content (AvgIpc) is 2.30. The molecule has 1 atom stereocenters. The molecular formula is C15H25NO2. The number of ether oxygens (including phenoxy) is 1. The first-order valence-electron chi connectivity index (χ1n) is 6.57. The summed E-state index contributed by atoms with van der Waals surface area (Å²) in [5.74, 6) is 7.66. The van der Waals surface area contributed by atoms with Crippen molar-refractivity contribution in [3.05, 3.63) is 29.8 Å². The van der Waals surface area contributed by atoms with Crippen molar-refractivity contribution in [1.82, 2.24) is 0 Å². The van der Waals surface area contributed by atoms with Crippen molar-refractivity contribution in [2.45, 2.75) is 46.8 Å². The summed E-state index contributed by atoms with van der Waals surface area (Å²) in [6.45, 7) is 10.8. The smallest absolute Gasteiger partial charge is 0.214 e. The predicted molar refractivity (Wildman–Crippen MR) is 74.2 cm³/mol. The molecule has 1 aromatic rings. The van der Waals surface area contributed by atoms with Crippen molar-refractivity contribution in [3.8, 4) is 5.75 Å². The molecule has 2 N–H and O–H groups in total. The van der Waals surface area contributed by atoms with Crippen LogP contribution in [0.2, 0.25) is 0 Å². The molecule has 0 aliphatic heterocycles. The molecule has 102 valence electrons. The second-order valence-corrected chi connectivity index (χ2v) is 5.40. The zero-order valence-corrected chi connectivity index (χ0v) is 12.0. The quantitative estimate of drug-likeness (QED) is 0.619. The maximum Gasteiger partial charge on any atom is 0.214 e. The highest BCUT2D eigenvalue weighted by atomic mass is 16.7. The minimum atomic E-state index is -0.429. The van der Waals surface area contributed by atoms with Crippen LogP contribution in [-0.2, 0) is 4.84 Å². The van der Waals surface area contributed by atoms with Gasteiger partial charge in [0.25, 0.3) is 0 Å². The fourth-order valence-electron chi connectivity index (χ4n) is 2.53. The van der Waals surface area contributed by atoms with Gasteiger partial charge in [0, 0.05) is 0 Å². The van der Waals surface area contributed by atoms with Gasteiger partial charge < -0.3 is 4.74 Å². The fourth-order valence-corrected chi connectivity index (χ4v) is 2.53. The second kappa shape index (κ2) is 6.76. The Balaban J connectivity index is 2.80. The second-order valence-electron chi connectivity index (χ2n) is 5.40. The molecule has 0 radical (unpaired) electrons. The maximum atomic E-state index is 5.47. The van der Waals surface area contributed by atoms with Crippen LogP contribution in [0.1, 0.15) is 46.1 Å². The van der Waals surface area contributed by atoms with Gasteiger partial charge in [0.1, 0.15) is 5.75 Å². The van der Waals surface area contributed by atoms with Crippen molar-refractivity contribution >= 4 is 0 Å². The first-order valence-corrected chi connectivity index (χ1v) is 6.57. The van der Waals surface area contributed by atoms with E-state index < -0.39 is 6.29 Å². The van der Waals surface area contributed by atoms with Crippen molar-refractivity contribution in [2.24, 2.45) is 17.7 Å². The standard InChI is InChI=1S/C15H25NO2/c1-10(2)15(11(3)4)13-6-8-14(9-7-13)17-12(5)18-16/h6-12,15H,16H2,1-5H3. The third-order valence-corrected chi connectivity index (χ3v) is 3.20. The monoisotopic (exact) mass is 251 g/mol. The van der Waals surface area contributed by atoms with E-state index in [0.29, 0.717) is 17.8 Å². The molecule has 0 amide bonds. The Labute approximate surface area is 110 Å². The van der Waals surface area contributed by atoms with Crippen LogP contribution in [0, 0.1) is 11.8 Å². The fraction of sp³-hybridized carbons (Fsp3) is 0.600. The minimum Gasteiger partial charge on any atom is -0.464 e. The lowest BCUT2D eigenvalue weighted by Gasteiger charge is -2.25. The summed E-state index contributed by atoms with van der Waals surface area (Å²) in [6.07, 6.45) is -0.429. The molecule has 18 heavy (non-hydrogen) atoms. The van der Waals surface area contributed by atoms with E-state index in [-0.39, 0.29) is 0 Å². The number of hydrogen-bond acceptors (Lipinski definition) is 3. The number of benzene rings is 1. The van der Waals surface area contributed by atoms with Crippen molar-refractivity contribution in [1.29, 1.82) is 0 Å². The molecule has 0 saturated carbocycles. The highest BCUT2D eigenvalue weighted by molar-refractivity contribution is 5.30. The molecule has 0 aliphatic rings. The molecule has 3 heteroatoms. The molecule has 0 aromatic heterocycles. The zero-order chi connectivity index (χ0) is 13.7. The maximum absolute atomic E-state index is 5.47. The van der Waals surface area contributed by atoms with Gasteiger partial charge in [-0.3, -0.25) is 4.84 Å². The van der Waals surface area contributed by atoms with Crippen LogP contribution in [0.4, 0.5) is 0 Å². The first kappa shape index (κ1) is 15.0. The van der Waals surface area contributed by atoms with Crippen molar-refractivity contribution in [3.63, 3.8) is 0 Å². The van der Waals surface area contributed by atoms with Crippen LogP contribution in [0.5, 0.6) is 5.75 Å². The summed E-state index contributed by atoms with van der Waals surface area (Å²) in [5, 5.41) is 0. The molecule has 0 heterocycles. The van der Waals surface area contributed by atoms with Crippen molar-refractivity contribution in [2.75, 3.05) is 0 Å². The van der Waals surface area contributed by atoms with Crippen LogP contribution in [0.15, 0.2) is 24.3 Å². The van der Waals surface area contributed by atoms with Gasteiger partial charge in [0.15, 0.2) is 0 Å². The summed E-state index contributed by atoms with van der Waals surface area (Å²) in [4.78, 5) is 4.59. The van der Waals surface area contributed by atoms with Gasteiger partial charge in [-0.25, -0.2) is 5.90 Å². The Kier molecular flexibility index (Phi) is 5.63. The normalized spacial score (nSPS) is 13.4. The van der Waals surface area contributed by atoms with Gasteiger partial charge in [-0.2, -0.15) is 0 Å². The van der Waals surface area contributed by atoms with Gasteiger partial charge in [0.2, 0.25) is 6.29 Å². The number of nitrogens with two attached hydrogens (primary N) is 1. The molecule has 0 fully saturated rings. The Morgan fingerprint density at radius 3 is 1.78 bits per heavy atom. The lowest BCUT2D eigenvalue weighted by atomic mass is 9.80. The van der Waals surface area contributed by atoms with Crippen LogP contribution in [0.3, 0.4) is 0 Å². The summed E-state index contributed by atoms with van der Waals surface area (Å²) in [7, 11) is 0. The van der Waals surface area contributed by atoms with Gasteiger partial charge >= 0.3 is 0 Å². The molecule has 3 nitrogen and oxygen atoms in total. The highest BCUT2D eigenvalue weighted by Crippen LogP contribution is 2.32. The van der Waals surface area contributed by atoms with Gasteiger partial charge in [-0.05, 0) is 42.4 Å². The lowest BCUT2D eigenvalue weighted by Crippen LogP contribution is -2.20. The Bertz CT molecular complexity index is 338. The topological polar surface area (TPSA) is 44.5 Å². The van der Waals surface area contributed by atoms with Crippen LogP contribution in [-0.4, -0.2) is 6.29 Å². The van der Waals surface area contributed by atoms with Gasteiger partial charge in [-0.15, -0.1) is 0 Å². The van der Waals surface area contributed by atoms with Crippen LogP contribution < -0.4 is 10.6 Å². The Hall–Kier alpha value is -1.06. The Morgan fingerprint density at radius 1 is 0.889 bits per heavy atom. The molecule has 0 bridgehead atoms.